The molecule has 2 rings (SSSR count). The molecule has 3 N–H and O–H groups in total. The normalized spacial score (nSPS) is 20.9. The van der Waals surface area contributed by atoms with E-state index in [0.717, 1.165) is 29.4 Å². The molecule has 4 heteroatoms. The van der Waals surface area contributed by atoms with E-state index in [9.17, 15) is 10.2 Å². The van der Waals surface area contributed by atoms with E-state index >= 15 is 0 Å². The Morgan fingerprint density at radius 1 is 1.31 bits per heavy atom. The highest BCUT2D eigenvalue weighted by Crippen LogP contribution is 2.35. The molecule has 0 spiro atoms. The second kappa shape index (κ2) is 5.06. The van der Waals surface area contributed by atoms with Crippen LogP contribution in [-0.2, 0) is 6.42 Å². The summed E-state index contributed by atoms with van der Waals surface area (Å²) >= 11 is 3.41. The van der Waals surface area contributed by atoms with Crippen LogP contribution in [0.15, 0.2) is 16.6 Å². The van der Waals surface area contributed by atoms with Crippen LogP contribution in [0.25, 0.3) is 0 Å². The second-order valence-electron chi connectivity index (χ2n) is 4.24. The Kier molecular flexibility index (Phi) is 3.71. The summed E-state index contributed by atoms with van der Waals surface area (Å²) in [5.41, 5.74) is 0.791. The van der Waals surface area contributed by atoms with E-state index in [1.807, 2.05) is 0 Å². The van der Waals surface area contributed by atoms with E-state index in [1.54, 1.807) is 6.07 Å². The van der Waals surface area contributed by atoms with Crippen LogP contribution in [0.3, 0.4) is 0 Å². The van der Waals surface area contributed by atoms with Gasteiger partial charge in [0, 0.05) is 16.1 Å². The molecule has 88 valence electrons. The lowest BCUT2D eigenvalue weighted by Crippen LogP contribution is -2.35. The van der Waals surface area contributed by atoms with Crippen LogP contribution in [0.4, 0.5) is 0 Å². The Morgan fingerprint density at radius 3 is 2.81 bits per heavy atom. The van der Waals surface area contributed by atoms with Crippen molar-refractivity contribution in [3.63, 3.8) is 0 Å². The summed E-state index contributed by atoms with van der Waals surface area (Å²) in [5.74, 6) is -0.0456. The summed E-state index contributed by atoms with van der Waals surface area (Å²) in [7, 11) is 0. The van der Waals surface area contributed by atoms with Crippen molar-refractivity contribution in [1.29, 1.82) is 0 Å². The predicted octanol–water partition coefficient (Wildman–Crippen LogP) is 2.54. The van der Waals surface area contributed by atoms with E-state index in [0.29, 0.717) is 6.04 Å². The van der Waals surface area contributed by atoms with Crippen molar-refractivity contribution in [3.8, 4) is 11.5 Å². The molecule has 0 aliphatic carbocycles. The largest absolute Gasteiger partial charge is 0.504 e. The number of hydrogen-bond acceptors (Lipinski definition) is 3. The summed E-state index contributed by atoms with van der Waals surface area (Å²) in [4.78, 5) is 0. The first-order valence-electron chi connectivity index (χ1n) is 5.61. The molecule has 1 aliphatic rings. The van der Waals surface area contributed by atoms with Gasteiger partial charge in [0.2, 0.25) is 0 Å². The number of nitrogens with one attached hydrogen (secondary N) is 1. The highest BCUT2D eigenvalue weighted by atomic mass is 79.9. The minimum atomic E-state index is -0.0472. The number of aromatic hydroxyl groups is 2. The molecule has 1 aromatic rings. The maximum absolute atomic E-state index is 9.80. The Labute approximate surface area is 104 Å². The Morgan fingerprint density at radius 2 is 2.12 bits per heavy atom. The third-order valence-electron chi connectivity index (χ3n) is 3.07. The molecule has 3 nitrogen and oxygen atoms in total. The van der Waals surface area contributed by atoms with Gasteiger partial charge in [0.1, 0.15) is 0 Å². The van der Waals surface area contributed by atoms with Gasteiger partial charge in [-0.15, -0.1) is 0 Å². The number of phenols is 2. The zero-order valence-electron chi connectivity index (χ0n) is 9.04. The zero-order chi connectivity index (χ0) is 11.5. The molecule has 1 atom stereocenters. The quantitative estimate of drug-likeness (QED) is 0.732. The average molecular weight is 286 g/mol. The molecule has 1 saturated heterocycles. The number of rotatable bonds is 2. The number of piperidine rings is 1. The van der Waals surface area contributed by atoms with Crippen molar-refractivity contribution >= 4 is 15.9 Å². The minimum absolute atomic E-state index is 0.00162. The van der Waals surface area contributed by atoms with Crippen LogP contribution in [0, 0.1) is 0 Å². The number of phenolic OH excluding ortho intramolecular Hbond substituents is 2. The lowest BCUT2D eigenvalue weighted by molar-refractivity contribution is 0.377. The van der Waals surface area contributed by atoms with E-state index < -0.39 is 0 Å². The molecular formula is C12H16BrNO2. The zero-order valence-corrected chi connectivity index (χ0v) is 10.6. The fourth-order valence-corrected chi connectivity index (χ4v) is 2.62. The molecule has 1 fully saturated rings. The molecule has 0 amide bonds. The van der Waals surface area contributed by atoms with Gasteiger partial charge in [0.15, 0.2) is 11.5 Å². The van der Waals surface area contributed by atoms with Crippen LogP contribution in [-0.4, -0.2) is 22.8 Å². The van der Waals surface area contributed by atoms with E-state index in [4.69, 9.17) is 0 Å². The van der Waals surface area contributed by atoms with Gasteiger partial charge in [-0.1, -0.05) is 22.4 Å². The topological polar surface area (TPSA) is 52.5 Å². The smallest absolute Gasteiger partial charge is 0.161 e. The van der Waals surface area contributed by atoms with Crippen LogP contribution in [0.5, 0.6) is 11.5 Å². The Hall–Kier alpha value is -0.740. The lowest BCUT2D eigenvalue weighted by atomic mass is 9.97. The van der Waals surface area contributed by atoms with Gasteiger partial charge in [0.25, 0.3) is 0 Å². The van der Waals surface area contributed by atoms with Crippen LogP contribution >= 0.6 is 15.9 Å². The third-order valence-corrected chi connectivity index (χ3v) is 3.81. The minimum Gasteiger partial charge on any atom is -0.504 e. The van der Waals surface area contributed by atoms with Gasteiger partial charge < -0.3 is 15.5 Å². The molecule has 1 unspecified atom stereocenters. The fourth-order valence-electron chi connectivity index (χ4n) is 2.14. The van der Waals surface area contributed by atoms with Gasteiger partial charge in [-0.25, -0.2) is 0 Å². The standard InChI is InChI=1S/C12H16BrNO2/c13-10-4-5-11(15)12(16)9(10)7-8-3-1-2-6-14-8/h4-5,8,14-16H,1-3,6-7H2. The van der Waals surface area contributed by atoms with Gasteiger partial charge in [0.05, 0.1) is 0 Å². The Balaban J connectivity index is 2.16. The molecule has 1 aromatic carbocycles. The summed E-state index contributed by atoms with van der Waals surface area (Å²) in [5, 5.41) is 22.7. The van der Waals surface area contributed by atoms with Crippen molar-refractivity contribution in [2.24, 2.45) is 0 Å². The monoisotopic (exact) mass is 285 g/mol. The van der Waals surface area contributed by atoms with Crippen molar-refractivity contribution in [3.05, 3.63) is 22.2 Å². The average Bonchev–Trinajstić information content (AvgIpc) is 2.31. The van der Waals surface area contributed by atoms with Gasteiger partial charge in [-0.2, -0.15) is 0 Å². The highest BCUT2D eigenvalue weighted by molar-refractivity contribution is 9.10. The lowest BCUT2D eigenvalue weighted by Gasteiger charge is -2.24. The number of hydrogen-bond donors (Lipinski definition) is 3. The molecule has 1 aliphatic heterocycles. The van der Waals surface area contributed by atoms with Crippen molar-refractivity contribution in [1.82, 2.24) is 5.32 Å². The van der Waals surface area contributed by atoms with Gasteiger partial charge in [-0.3, -0.25) is 0 Å². The first-order valence-corrected chi connectivity index (χ1v) is 6.40. The SMILES string of the molecule is Oc1ccc(Br)c(CC2CCCCN2)c1O. The van der Waals surface area contributed by atoms with Gasteiger partial charge in [-0.05, 0) is 37.9 Å². The van der Waals surface area contributed by atoms with Crippen molar-refractivity contribution in [2.45, 2.75) is 31.7 Å². The summed E-state index contributed by atoms with van der Waals surface area (Å²) < 4.78 is 0.857. The Bertz CT molecular complexity index is 376. The van der Waals surface area contributed by atoms with E-state index in [1.165, 1.54) is 18.9 Å². The summed E-state index contributed by atoms with van der Waals surface area (Å²) in [6.07, 6.45) is 4.33. The van der Waals surface area contributed by atoms with Gasteiger partial charge >= 0.3 is 0 Å². The van der Waals surface area contributed by atoms with Crippen LogP contribution in [0.2, 0.25) is 0 Å². The number of benzene rings is 1. The molecule has 0 aromatic heterocycles. The first-order chi connectivity index (χ1) is 7.68. The highest BCUT2D eigenvalue weighted by Gasteiger charge is 2.18. The first kappa shape index (κ1) is 11.7. The predicted molar refractivity (Wildman–Crippen MR) is 66.8 cm³/mol. The van der Waals surface area contributed by atoms with Crippen molar-refractivity contribution < 1.29 is 10.2 Å². The summed E-state index contributed by atoms with van der Waals surface area (Å²) in [6, 6.07) is 3.67. The maximum Gasteiger partial charge on any atom is 0.161 e. The third kappa shape index (κ3) is 2.50. The molecule has 1 heterocycles. The molecular weight excluding hydrogens is 270 g/mol. The fraction of sp³-hybridized carbons (Fsp3) is 0.500. The number of halogens is 1. The van der Waals surface area contributed by atoms with Crippen LogP contribution in [0.1, 0.15) is 24.8 Å². The van der Waals surface area contributed by atoms with E-state index in [-0.39, 0.29) is 11.5 Å². The molecule has 16 heavy (non-hydrogen) atoms. The van der Waals surface area contributed by atoms with Crippen LogP contribution < -0.4 is 5.32 Å². The summed E-state index contributed by atoms with van der Waals surface area (Å²) in [6.45, 7) is 1.04. The van der Waals surface area contributed by atoms with Crippen molar-refractivity contribution in [2.75, 3.05) is 6.54 Å². The molecule has 0 saturated carbocycles. The second-order valence-corrected chi connectivity index (χ2v) is 5.10. The molecule has 0 bridgehead atoms. The molecule has 0 radical (unpaired) electrons. The van der Waals surface area contributed by atoms with E-state index in [2.05, 4.69) is 21.2 Å². The maximum atomic E-state index is 9.80.